The largest absolute Gasteiger partial charge is 0.462 e. The summed E-state index contributed by atoms with van der Waals surface area (Å²) in [6.45, 7) is 120. The van der Waals surface area contributed by atoms with Gasteiger partial charge in [-0.3, -0.25) is 0 Å². The molecule has 103 heavy (non-hydrogen) atoms. The minimum Gasteiger partial charge on any atom is -0.462 e. The van der Waals surface area contributed by atoms with Gasteiger partial charge >= 0.3 is 17.9 Å². The van der Waals surface area contributed by atoms with Crippen molar-refractivity contribution in [1.82, 2.24) is 0 Å². The molecule has 0 radical (unpaired) electrons. The van der Waals surface area contributed by atoms with Gasteiger partial charge in [0.15, 0.2) is 0 Å². The van der Waals surface area contributed by atoms with E-state index < -0.39 is 58.0 Å². The van der Waals surface area contributed by atoms with E-state index >= 15 is 0 Å². The van der Waals surface area contributed by atoms with Crippen molar-refractivity contribution < 1.29 is 43.9 Å². The lowest BCUT2D eigenvalue weighted by atomic mass is 9.33. The Kier molecular flexibility index (Phi) is 168. The molecule has 4 fully saturated rings. The average molecular weight is 1490 g/mol. The van der Waals surface area contributed by atoms with E-state index in [1.165, 1.54) is 12.0 Å². The zero-order chi connectivity index (χ0) is 89.1. The Balaban J connectivity index is -0.0000000660. The van der Waals surface area contributed by atoms with E-state index in [2.05, 4.69) is 47.6 Å². The first-order valence-electron chi connectivity index (χ1n) is 44.7. The molecule has 12 atom stereocenters. The number of carbonyl (C=O) groups is 3. The fourth-order valence-electron chi connectivity index (χ4n) is 12.2. The Labute approximate surface area is 659 Å². The van der Waals surface area contributed by atoms with Gasteiger partial charge in [0.2, 0.25) is 0 Å². The Hall–Kier alpha value is -2.75. The predicted octanol–water partition coefficient (Wildman–Crippen LogP) is 32.6. The molecule has 4 saturated carbocycles. The Morgan fingerprint density at radius 1 is 0.417 bits per heavy atom. The van der Waals surface area contributed by atoms with Crippen LogP contribution in [-0.4, -0.2) is 70.9 Å². The third-order valence-electron chi connectivity index (χ3n) is 16.4. The normalized spacial score (nSPS) is 24.2. The van der Waals surface area contributed by atoms with Crippen molar-refractivity contribution in [3.63, 3.8) is 0 Å². The minimum atomic E-state index is -1.29. The highest BCUT2D eigenvalue weighted by molar-refractivity contribution is 5.88. The molecule has 3 N–H and O–H groups in total. The van der Waals surface area contributed by atoms with E-state index in [0.29, 0.717) is 36.0 Å². The molecule has 0 amide bonds. The van der Waals surface area contributed by atoms with Gasteiger partial charge in [0.25, 0.3) is 0 Å². The maximum absolute atomic E-state index is 13.5. The molecule has 0 spiro atoms. The van der Waals surface area contributed by atoms with E-state index in [1.807, 2.05) is 339 Å². The van der Waals surface area contributed by atoms with E-state index in [4.69, 9.17) is 14.2 Å². The Morgan fingerprint density at radius 2 is 0.709 bits per heavy atom. The van der Waals surface area contributed by atoms with Crippen LogP contribution in [0.1, 0.15) is 467 Å². The van der Waals surface area contributed by atoms with Crippen LogP contribution in [0.5, 0.6) is 0 Å². The molecule has 0 aromatic heterocycles. The first-order chi connectivity index (χ1) is 49.5. The van der Waals surface area contributed by atoms with Gasteiger partial charge in [-0.1, -0.05) is 410 Å². The van der Waals surface area contributed by atoms with E-state index in [1.54, 1.807) is 52.8 Å². The highest BCUT2D eigenvalue weighted by Crippen LogP contribution is 2.76. The summed E-state index contributed by atoms with van der Waals surface area (Å²) in [7, 11) is 0. The van der Waals surface area contributed by atoms with Crippen LogP contribution < -0.4 is 0 Å². The molecule has 3 unspecified atom stereocenters. The molecule has 0 aromatic rings. The third kappa shape index (κ3) is 51.3. The molecule has 0 aromatic carbocycles. The van der Waals surface area contributed by atoms with Crippen LogP contribution in [0.2, 0.25) is 0 Å². The van der Waals surface area contributed by atoms with Crippen molar-refractivity contribution in [3.05, 3.63) is 46.6 Å². The lowest BCUT2D eigenvalue weighted by Crippen LogP contribution is -2.72. The van der Waals surface area contributed by atoms with Gasteiger partial charge in [-0.15, -0.1) is 0 Å². The van der Waals surface area contributed by atoms with Crippen molar-refractivity contribution >= 4 is 17.9 Å². The van der Waals surface area contributed by atoms with Crippen LogP contribution in [-0.2, 0) is 28.6 Å². The molecular weight excluding hydrogens is 1270 g/mol. The summed E-state index contributed by atoms with van der Waals surface area (Å²) in [4.78, 5) is 39.6. The van der Waals surface area contributed by atoms with Crippen LogP contribution in [0, 0.1) is 50.2 Å². The molecule has 0 bridgehead atoms. The first kappa shape index (κ1) is 153. The van der Waals surface area contributed by atoms with Crippen molar-refractivity contribution in [2.24, 2.45) is 50.2 Å². The summed E-state index contributed by atoms with van der Waals surface area (Å²) in [6, 6.07) is 0. The molecule has 9 heteroatoms. The fourth-order valence-corrected chi connectivity index (χ4v) is 12.2. The second-order valence-corrected chi connectivity index (χ2v) is 20.0. The number of rotatable bonds is 8. The van der Waals surface area contributed by atoms with Crippen LogP contribution >= 0.6 is 0 Å². The van der Waals surface area contributed by atoms with Gasteiger partial charge in [-0.25, -0.2) is 14.4 Å². The van der Waals surface area contributed by atoms with E-state index in [9.17, 15) is 29.7 Å². The monoisotopic (exact) mass is 1490 g/mol. The quantitative estimate of drug-likeness (QED) is 0.0938. The number of hydrogen-bond acceptors (Lipinski definition) is 9. The Bertz CT molecular complexity index is 1660. The number of ether oxygens (including phenoxy) is 3. The maximum atomic E-state index is 13.5. The van der Waals surface area contributed by atoms with E-state index in [0.717, 1.165) is 25.7 Å². The molecule has 5 aliphatic rings. The second-order valence-electron chi connectivity index (χ2n) is 20.0. The number of fused-ring (bicyclic) bond motifs is 7. The summed E-state index contributed by atoms with van der Waals surface area (Å²) >= 11 is 0. The van der Waals surface area contributed by atoms with Crippen molar-refractivity contribution in [3.8, 4) is 0 Å². The van der Waals surface area contributed by atoms with Crippen molar-refractivity contribution in [2.45, 2.75) is 491 Å². The van der Waals surface area contributed by atoms with Gasteiger partial charge in [-0.2, -0.15) is 0 Å². The van der Waals surface area contributed by atoms with E-state index in [-0.39, 0.29) is 47.8 Å². The average Bonchev–Trinajstić information content (AvgIpc) is 0.672. The highest BCUT2D eigenvalue weighted by Gasteiger charge is 2.73. The third-order valence-corrected chi connectivity index (χ3v) is 16.4. The van der Waals surface area contributed by atoms with Crippen LogP contribution in [0.15, 0.2) is 46.6 Å². The Morgan fingerprint density at radius 3 is 1.01 bits per heavy atom. The topological polar surface area (TPSA) is 140 Å². The lowest BCUT2D eigenvalue weighted by Gasteiger charge is -2.72. The van der Waals surface area contributed by atoms with Crippen LogP contribution in [0.3, 0.4) is 0 Å². The standard InChI is InChI=1S/C45H68O9.C3H8.23C2H6/c1-13-26(4)37(49)52-24-42(10)31-18-21-43(11)32(41(31,9)20-19-33(42)46)17-16-29-30-22-40(7,8)35(48)36(54-39(51)28(6)15-3)45(30,34(47)23-44(29,43)12)25-53-38(50)27(5)14-2;1-3-2;23*1-2/h13-16,30-36,46-48H,17-25H2,1-12H3;3H2,1-2H3;23*1-2H3/b26-13+,27-14+,28-15+;;;;;;;;;;;;;;;;;;;;;;;;/t30?,31?,32?,33-,34+,35-,36-,41-,42+,43+,44+,45-;;;;;;;;;;;;;;;;;;;;;;;;/m0......................../s1. The summed E-state index contributed by atoms with van der Waals surface area (Å²) < 4.78 is 18.2. The molecule has 644 valence electrons. The molecule has 0 saturated heterocycles. The van der Waals surface area contributed by atoms with Crippen LogP contribution in [0.4, 0.5) is 0 Å². The predicted molar refractivity (Wildman–Crippen MR) is 485 cm³/mol. The van der Waals surface area contributed by atoms with Crippen molar-refractivity contribution in [1.29, 1.82) is 0 Å². The van der Waals surface area contributed by atoms with Gasteiger partial charge in [-0.05, 0) is 126 Å². The molecule has 5 rings (SSSR count). The zero-order valence-corrected chi connectivity index (χ0v) is 83.7. The lowest BCUT2D eigenvalue weighted by molar-refractivity contribution is -0.265. The minimum absolute atomic E-state index is 0.105. The number of esters is 3. The first-order valence-corrected chi connectivity index (χ1v) is 44.7. The van der Waals surface area contributed by atoms with Crippen molar-refractivity contribution in [2.75, 3.05) is 13.2 Å². The summed E-state index contributed by atoms with van der Waals surface area (Å²) in [5.41, 5.74) is -0.974. The summed E-state index contributed by atoms with van der Waals surface area (Å²) in [5, 5.41) is 36.4. The number of aliphatic hydroxyl groups is 3. The summed E-state index contributed by atoms with van der Waals surface area (Å²) in [5.74, 6) is -1.48. The second kappa shape index (κ2) is 113. The fraction of sp³-hybridized carbons (Fsp3) is 0.883. The molecule has 0 heterocycles. The highest BCUT2D eigenvalue weighted by atomic mass is 16.6. The number of allylic oxidation sites excluding steroid dienone is 5. The molecule has 5 aliphatic carbocycles. The number of hydrogen-bond donors (Lipinski definition) is 3. The maximum Gasteiger partial charge on any atom is 0.333 e. The smallest absolute Gasteiger partial charge is 0.333 e. The molecule has 9 nitrogen and oxygen atoms in total. The molecular formula is C94H214O9. The van der Waals surface area contributed by atoms with Gasteiger partial charge in [0, 0.05) is 22.1 Å². The summed E-state index contributed by atoms with van der Waals surface area (Å²) in [6.07, 6.45) is 9.53. The van der Waals surface area contributed by atoms with Gasteiger partial charge in [0.1, 0.15) is 12.7 Å². The van der Waals surface area contributed by atoms with Gasteiger partial charge < -0.3 is 29.5 Å². The number of aliphatic hydroxyl groups excluding tert-OH is 3. The molecule has 0 aliphatic heterocycles. The zero-order valence-electron chi connectivity index (χ0n) is 83.7. The van der Waals surface area contributed by atoms with Crippen LogP contribution in [0.25, 0.3) is 0 Å². The SMILES string of the molecule is C/C=C(\C)C(=O)OC[C@@]12C(CC(C)(C)[C@@H](O)[C@@H]1OC(=O)/C(C)=C/C)C1=CCC3[C@@]4(C)CC[C@H](O)[C@](C)(COC(=O)/C(C)=C/C)C4CC[C@@]3(C)[C@]1(C)C[C@H]2O.CC.CC.CC.CC.CC.CC.CC.CC.CC.CC.CC.CC.CC.CC.CC.CC.CC.CC.CC.CC.CC.CC.CC.CCC. The number of carbonyl (C=O) groups excluding carboxylic acids is 3. The van der Waals surface area contributed by atoms with Gasteiger partial charge in [0.05, 0.1) is 30.3 Å².